The summed E-state index contributed by atoms with van der Waals surface area (Å²) >= 11 is 5.84. The number of carbonyl (C=O) groups excluding carboxylic acids is 1. The van der Waals surface area contributed by atoms with E-state index in [0.29, 0.717) is 29.6 Å². The van der Waals surface area contributed by atoms with Gasteiger partial charge in [-0.25, -0.2) is 0 Å². The van der Waals surface area contributed by atoms with Crippen LogP contribution in [-0.2, 0) is 11.2 Å². The Bertz CT molecular complexity index is 448. The van der Waals surface area contributed by atoms with Crippen molar-refractivity contribution in [1.82, 2.24) is 10.6 Å². The van der Waals surface area contributed by atoms with Gasteiger partial charge in [-0.15, -0.1) is 0 Å². The van der Waals surface area contributed by atoms with E-state index in [1.165, 1.54) is 12.8 Å². The van der Waals surface area contributed by atoms with Crippen molar-refractivity contribution in [1.29, 1.82) is 0 Å². The van der Waals surface area contributed by atoms with Crippen LogP contribution in [0.1, 0.15) is 31.2 Å². The predicted octanol–water partition coefficient (Wildman–Crippen LogP) is 2.28. The fourth-order valence-electron chi connectivity index (χ4n) is 3.24. The van der Waals surface area contributed by atoms with Gasteiger partial charge in [0.15, 0.2) is 0 Å². The van der Waals surface area contributed by atoms with Gasteiger partial charge in [0.2, 0.25) is 5.91 Å². The molecule has 2 bridgehead atoms. The van der Waals surface area contributed by atoms with Gasteiger partial charge in [-0.1, -0.05) is 23.7 Å². The summed E-state index contributed by atoms with van der Waals surface area (Å²) < 4.78 is 0. The van der Waals surface area contributed by atoms with E-state index in [2.05, 4.69) is 10.6 Å². The predicted molar refractivity (Wildman–Crippen MR) is 76.3 cm³/mol. The fourth-order valence-corrected chi connectivity index (χ4v) is 3.37. The van der Waals surface area contributed by atoms with Gasteiger partial charge in [0.25, 0.3) is 0 Å². The zero-order chi connectivity index (χ0) is 13.2. The van der Waals surface area contributed by atoms with Gasteiger partial charge in [-0.3, -0.25) is 4.79 Å². The number of amides is 1. The molecule has 1 amide bonds. The van der Waals surface area contributed by atoms with Crippen LogP contribution in [0.4, 0.5) is 0 Å². The molecule has 4 heteroatoms. The molecule has 2 heterocycles. The molecule has 0 aliphatic carbocycles. The maximum Gasteiger partial charge on any atom is 0.224 e. The van der Waals surface area contributed by atoms with Crippen molar-refractivity contribution in [2.24, 2.45) is 0 Å². The van der Waals surface area contributed by atoms with E-state index in [1.807, 2.05) is 24.3 Å². The number of nitrogens with one attached hydrogen (secondary N) is 2. The van der Waals surface area contributed by atoms with E-state index >= 15 is 0 Å². The second-order valence-corrected chi connectivity index (χ2v) is 6.11. The minimum Gasteiger partial charge on any atom is -0.353 e. The normalized spacial score (nSPS) is 29.2. The largest absolute Gasteiger partial charge is 0.353 e. The Kier molecular flexibility index (Phi) is 3.76. The molecule has 2 saturated heterocycles. The third kappa shape index (κ3) is 3.28. The molecular weight excluding hydrogens is 260 g/mol. The Balaban J connectivity index is 1.52. The summed E-state index contributed by atoms with van der Waals surface area (Å²) in [4.78, 5) is 12.0. The van der Waals surface area contributed by atoms with Gasteiger partial charge in [0.1, 0.15) is 0 Å². The Morgan fingerprint density at radius 3 is 2.47 bits per heavy atom. The summed E-state index contributed by atoms with van der Waals surface area (Å²) in [5, 5.41) is 7.46. The van der Waals surface area contributed by atoms with Crippen LogP contribution in [-0.4, -0.2) is 24.0 Å². The van der Waals surface area contributed by atoms with Gasteiger partial charge in [-0.2, -0.15) is 0 Å². The molecule has 0 radical (unpaired) electrons. The number of carbonyl (C=O) groups is 1. The molecule has 2 atom stereocenters. The van der Waals surface area contributed by atoms with Crippen molar-refractivity contribution in [2.45, 2.75) is 50.2 Å². The monoisotopic (exact) mass is 278 g/mol. The van der Waals surface area contributed by atoms with E-state index in [4.69, 9.17) is 11.6 Å². The van der Waals surface area contributed by atoms with Crippen LogP contribution < -0.4 is 10.6 Å². The van der Waals surface area contributed by atoms with Crippen molar-refractivity contribution in [3.05, 3.63) is 34.9 Å². The summed E-state index contributed by atoms with van der Waals surface area (Å²) in [6, 6.07) is 9.05. The number of fused-ring (bicyclic) bond motifs is 2. The zero-order valence-corrected chi connectivity index (χ0v) is 11.6. The minimum absolute atomic E-state index is 0.119. The maximum absolute atomic E-state index is 12.0. The summed E-state index contributed by atoms with van der Waals surface area (Å²) in [6.07, 6.45) is 5.10. The first-order valence-corrected chi connectivity index (χ1v) is 7.37. The first kappa shape index (κ1) is 12.9. The summed E-state index contributed by atoms with van der Waals surface area (Å²) in [5.41, 5.74) is 1.01. The van der Waals surface area contributed by atoms with Crippen LogP contribution in [0, 0.1) is 0 Å². The van der Waals surface area contributed by atoms with Crippen LogP contribution in [0.25, 0.3) is 0 Å². The van der Waals surface area contributed by atoms with Crippen LogP contribution in [0.2, 0.25) is 5.02 Å². The molecule has 102 valence electrons. The first-order valence-electron chi connectivity index (χ1n) is 6.99. The lowest BCUT2D eigenvalue weighted by atomic mass is 9.99. The number of halogens is 1. The molecule has 19 heavy (non-hydrogen) atoms. The SMILES string of the molecule is O=C(Cc1ccc(Cl)cc1)NC1CC2CCC(C1)N2. The highest BCUT2D eigenvalue weighted by Crippen LogP contribution is 2.26. The van der Waals surface area contributed by atoms with E-state index in [0.717, 1.165) is 18.4 Å². The van der Waals surface area contributed by atoms with Gasteiger partial charge in [-0.05, 0) is 43.4 Å². The standard InChI is InChI=1S/C15H19ClN2O/c16-11-3-1-10(2-4-11)7-15(19)18-14-8-12-5-6-13(9-14)17-12/h1-4,12-14,17H,5-9H2,(H,18,19). The summed E-state index contributed by atoms with van der Waals surface area (Å²) in [7, 11) is 0. The van der Waals surface area contributed by atoms with Crippen molar-refractivity contribution in [2.75, 3.05) is 0 Å². The van der Waals surface area contributed by atoms with Gasteiger partial charge < -0.3 is 10.6 Å². The Morgan fingerprint density at radius 1 is 1.21 bits per heavy atom. The smallest absolute Gasteiger partial charge is 0.224 e. The molecule has 1 aromatic carbocycles. The molecule has 0 aromatic heterocycles. The lowest BCUT2D eigenvalue weighted by Crippen LogP contribution is -2.48. The number of rotatable bonds is 3. The average Bonchev–Trinajstić information content (AvgIpc) is 2.72. The molecule has 0 spiro atoms. The quantitative estimate of drug-likeness (QED) is 0.891. The zero-order valence-electron chi connectivity index (χ0n) is 10.9. The van der Waals surface area contributed by atoms with Crippen molar-refractivity contribution < 1.29 is 4.79 Å². The molecule has 2 N–H and O–H groups in total. The number of hydrogen-bond acceptors (Lipinski definition) is 2. The van der Waals surface area contributed by atoms with E-state index in [-0.39, 0.29) is 5.91 Å². The van der Waals surface area contributed by atoms with Crippen LogP contribution in [0.3, 0.4) is 0 Å². The minimum atomic E-state index is 0.119. The van der Waals surface area contributed by atoms with Crippen LogP contribution >= 0.6 is 11.6 Å². The van der Waals surface area contributed by atoms with Crippen molar-refractivity contribution >= 4 is 17.5 Å². The van der Waals surface area contributed by atoms with Gasteiger partial charge in [0, 0.05) is 23.1 Å². The number of benzene rings is 1. The molecule has 3 nitrogen and oxygen atoms in total. The Labute approximate surface area is 118 Å². The van der Waals surface area contributed by atoms with Gasteiger partial charge in [0.05, 0.1) is 6.42 Å². The average molecular weight is 279 g/mol. The molecule has 2 unspecified atom stereocenters. The third-order valence-corrected chi connectivity index (χ3v) is 4.37. The molecule has 3 rings (SSSR count). The van der Waals surface area contributed by atoms with Gasteiger partial charge >= 0.3 is 0 Å². The molecule has 2 aliphatic rings. The van der Waals surface area contributed by atoms with Crippen molar-refractivity contribution in [3.8, 4) is 0 Å². The lowest BCUT2D eigenvalue weighted by Gasteiger charge is -2.29. The maximum atomic E-state index is 12.0. The second-order valence-electron chi connectivity index (χ2n) is 5.68. The van der Waals surface area contributed by atoms with E-state index < -0.39 is 0 Å². The summed E-state index contributed by atoms with van der Waals surface area (Å²) in [6.45, 7) is 0. The Hall–Kier alpha value is -1.06. The summed E-state index contributed by atoms with van der Waals surface area (Å²) in [5.74, 6) is 0.119. The molecule has 2 aliphatic heterocycles. The van der Waals surface area contributed by atoms with E-state index in [9.17, 15) is 4.79 Å². The van der Waals surface area contributed by atoms with Crippen LogP contribution in [0.15, 0.2) is 24.3 Å². The lowest BCUT2D eigenvalue weighted by molar-refractivity contribution is -0.121. The van der Waals surface area contributed by atoms with E-state index in [1.54, 1.807) is 0 Å². The highest BCUT2D eigenvalue weighted by molar-refractivity contribution is 6.30. The van der Waals surface area contributed by atoms with Crippen LogP contribution in [0.5, 0.6) is 0 Å². The second kappa shape index (κ2) is 5.51. The molecule has 2 fully saturated rings. The molecular formula is C15H19ClN2O. The molecule has 0 saturated carbocycles. The third-order valence-electron chi connectivity index (χ3n) is 4.12. The first-order chi connectivity index (χ1) is 9.19. The highest BCUT2D eigenvalue weighted by atomic mass is 35.5. The number of piperidine rings is 1. The molecule has 1 aromatic rings. The number of hydrogen-bond donors (Lipinski definition) is 2. The topological polar surface area (TPSA) is 41.1 Å². The highest BCUT2D eigenvalue weighted by Gasteiger charge is 2.33. The Morgan fingerprint density at radius 2 is 1.84 bits per heavy atom. The van der Waals surface area contributed by atoms with Crippen molar-refractivity contribution in [3.63, 3.8) is 0 Å². The fraction of sp³-hybridized carbons (Fsp3) is 0.533.